The summed E-state index contributed by atoms with van der Waals surface area (Å²) in [4.78, 5) is 11.0. The molecule has 0 aliphatic carbocycles. The zero-order chi connectivity index (χ0) is 14.0. The molecule has 4 nitrogen and oxygen atoms in total. The van der Waals surface area contributed by atoms with Gasteiger partial charge in [0.2, 0.25) is 0 Å². The van der Waals surface area contributed by atoms with Gasteiger partial charge in [0.25, 0.3) is 5.91 Å². The topological polar surface area (TPSA) is 68.3 Å². The molecule has 0 aliphatic rings. The second kappa shape index (κ2) is 5.09. The summed E-state index contributed by atoms with van der Waals surface area (Å²) in [5, 5.41) is 2.72. The van der Waals surface area contributed by atoms with Crippen LogP contribution < -0.4 is 11.1 Å². The number of hydrogen-bond acceptors (Lipinski definition) is 3. The molecule has 1 heterocycles. The van der Waals surface area contributed by atoms with Gasteiger partial charge in [-0.05, 0) is 25.1 Å². The summed E-state index contributed by atoms with van der Waals surface area (Å²) in [5.41, 5.74) is 4.62. The van der Waals surface area contributed by atoms with Crippen molar-refractivity contribution in [2.24, 2.45) is 5.73 Å². The van der Waals surface area contributed by atoms with Crippen LogP contribution in [0.4, 0.5) is 14.5 Å². The number of carbonyl (C=O) groups is 1. The maximum absolute atomic E-state index is 13.5. The molecule has 0 spiro atoms. The minimum Gasteiger partial charge on any atom is -0.465 e. The Morgan fingerprint density at radius 3 is 2.63 bits per heavy atom. The van der Waals surface area contributed by atoms with E-state index in [9.17, 15) is 13.6 Å². The number of rotatable bonds is 4. The summed E-state index contributed by atoms with van der Waals surface area (Å²) in [6.07, 6.45) is 0. The quantitative estimate of drug-likeness (QED) is 0.893. The van der Waals surface area contributed by atoms with E-state index >= 15 is 0 Å². The number of amides is 1. The van der Waals surface area contributed by atoms with Crippen LogP contribution in [0.15, 0.2) is 28.7 Å². The van der Waals surface area contributed by atoms with E-state index in [1.54, 1.807) is 19.1 Å². The van der Waals surface area contributed by atoms with Gasteiger partial charge in [0.1, 0.15) is 23.2 Å². The molecular formula is C13H12F2N2O2. The van der Waals surface area contributed by atoms with Crippen LogP contribution in [0.3, 0.4) is 0 Å². The van der Waals surface area contributed by atoms with Crippen LogP contribution >= 0.6 is 0 Å². The van der Waals surface area contributed by atoms with Crippen molar-refractivity contribution < 1.29 is 18.0 Å². The Labute approximate surface area is 108 Å². The zero-order valence-corrected chi connectivity index (χ0v) is 10.2. The molecule has 0 saturated heterocycles. The largest absolute Gasteiger partial charge is 0.465 e. The molecule has 3 N–H and O–H groups in total. The van der Waals surface area contributed by atoms with Crippen LogP contribution in [0.5, 0.6) is 0 Å². The van der Waals surface area contributed by atoms with E-state index in [0.717, 1.165) is 11.8 Å². The maximum Gasteiger partial charge on any atom is 0.251 e. The first-order valence-corrected chi connectivity index (χ1v) is 5.55. The van der Waals surface area contributed by atoms with Gasteiger partial charge in [-0.25, -0.2) is 8.78 Å². The summed E-state index contributed by atoms with van der Waals surface area (Å²) in [5.74, 6) is -1.40. The predicted molar refractivity (Wildman–Crippen MR) is 65.6 cm³/mol. The van der Waals surface area contributed by atoms with Gasteiger partial charge < -0.3 is 15.5 Å². The lowest BCUT2D eigenvalue weighted by Gasteiger charge is -2.08. The first kappa shape index (κ1) is 13.1. The summed E-state index contributed by atoms with van der Waals surface area (Å²) >= 11 is 0. The van der Waals surface area contributed by atoms with E-state index in [-0.39, 0.29) is 17.8 Å². The molecular weight excluding hydrogens is 254 g/mol. The third kappa shape index (κ3) is 2.90. The molecule has 0 radical (unpaired) electrons. The Morgan fingerprint density at radius 1 is 1.32 bits per heavy atom. The molecule has 0 saturated carbocycles. The van der Waals surface area contributed by atoms with Crippen LogP contribution in [-0.2, 0) is 6.54 Å². The number of nitrogens with two attached hydrogens (primary N) is 1. The lowest BCUT2D eigenvalue weighted by atomic mass is 10.1. The Bertz CT molecular complexity index is 623. The summed E-state index contributed by atoms with van der Waals surface area (Å²) < 4.78 is 32.1. The molecule has 0 bridgehead atoms. The maximum atomic E-state index is 13.5. The van der Waals surface area contributed by atoms with Crippen LogP contribution in [0.1, 0.15) is 21.9 Å². The van der Waals surface area contributed by atoms with Gasteiger partial charge in [0, 0.05) is 6.07 Å². The number of benzene rings is 1. The molecule has 1 aromatic heterocycles. The number of hydrogen-bond donors (Lipinski definition) is 2. The van der Waals surface area contributed by atoms with E-state index in [1.807, 2.05) is 0 Å². The van der Waals surface area contributed by atoms with Crippen molar-refractivity contribution in [3.8, 4) is 0 Å². The van der Waals surface area contributed by atoms with Crippen molar-refractivity contribution in [3.05, 3.63) is 53.0 Å². The molecule has 19 heavy (non-hydrogen) atoms. The van der Waals surface area contributed by atoms with Crippen molar-refractivity contribution in [3.63, 3.8) is 0 Å². The van der Waals surface area contributed by atoms with Gasteiger partial charge in [-0.2, -0.15) is 0 Å². The molecule has 1 aromatic carbocycles. The van der Waals surface area contributed by atoms with E-state index in [2.05, 4.69) is 5.32 Å². The van der Waals surface area contributed by atoms with Gasteiger partial charge in [-0.1, -0.05) is 0 Å². The highest BCUT2D eigenvalue weighted by Gasteiger charge is 2.13. The molecule has 0 aliphatic heterocycles. The first-order chi connectivity index (χ1) is 8.97. The van der Waals surface area contributed by atoms with Gasteiger partial charge in [-0.3, -0.25) is 4.79 Å². The highest BCUT2D eigenvalue weighted by Crippen LogP contribution is 2.20. The standard InChI is InChI=1S/C13H12F2N2O2/c1-7-2-3-8(19-7)6-17-12-4-9(13(16)18)10(14)5-11(12)15/h2-5,17H,6H2,1H3,(H2,16,18). The minimum absolute atomic E-state index is 0.00995. The molecule has 100 valence electrons. The Morgan fingerprint density at radius 2 is 2.05 bits per heavy atom. The van der Waals surface area contributed by atoms with Crippen LogP contribution in [0.25, 0.3) is 0 Å². The number of primary amides is 1. The number of halogens is 2. The van der Waals surface area contributed by atoms with Gasteiger partial charge >= 0.3 is 0 Å². The van der Waals surface area contributed by atoms with Gasteiger partial charge in [0.15, 0.2) is 0 Å². The smallest absolute Gasteiger partial charge is 0.251 e. The van der Waals surface area contributed by atoms with Crippen LogP contribution in [0.2, 0.25) is 0 Å². The fourth-order valence-electron chi connectivity index (χ4n) is 1.64. The van der Waals surface area contributed by atoms with Gasteiger partial charge in [-0.15, -0.1) is 0 Å². The number of aryl methyl sites for hydroxylation is 1. The SMILES string of the molecule is Cc1ccc(CNc2cc(C(N)=O)c(F)cc2F)o1. The second-order valence-electron chi connectivity index (χ2n) is 4.04. The molecule has 2 rings (SSSR count). The average molecular weight is 266 g/mol. The minimum atomic E-state index is -0.982. The molecule has 0 atom stereocenters. The first-order valence-electron chi connectivity index (χ1n) is 5.55. The molecule has 1 amide bonds. The fourth-order valence-corrected chi connectivity index (χ4v) is 1.64. The second-order valence-corrected chi connectivity index (χ2v) is 4.04. The lowest BCUT2D eigenvalue weighted by molar-refractivity contribution is 0.0996. The molecule has 6 heteroatoms. The molecule has 0 unspecified atom stereocenters. The lowest BCUT2D eigenvalue weighted by Crippen LogP contribution is -2.14. The van der Waals surface area contributed by atoms with Crippen molar-refractivity contribution in [2.45, 2.75) is 13.5 Å². The Balaban J connectivity index is 2.20. The number of anilines is 1. The zero-order valence-electron chi connectivity index (χ0n) is 10.2. The monoisotopic (exact) mass is 266 g/mol. The van der Waals surface area contributed by atoms with E-state index < -0.39 is 17.5 Å². The normalized spacial score (nSPS) is 10.5. The highest BCUT2D eigenvalue weighted by atomic mass is 19.1. The van der Waals surface area contributed by atoms with Crippen molar-refractivity contribution in [1.29, 1.82) is 0 Å². The molecule has 0 fully saturated rings. The van der Waals surface area contributed by atoms with Crippen LogP contribution in [0, 0.1) is 18.6 Å². The average Bonchev–Trinajstić information content (AvgIpc) is 2.73. The van der Waals surface area contributed by atoms with E-state index in [0.29, 0.717) is 11.8 Å². The highest BCUT2D eigenvalue weighted by molar-refractivity contribution is 5.94. The Kier molecular flexibility index (Phi) is 3.50. The van der Waals surface area contributed by atoms with E-state index in [4.69, 9.17) is 10.2 Å². The predicted octanol–water partition coefficient (Wildman–Crippen LogP) is 2.58. The van der Waals surface area contributed by atoms with Crippen molar-refractivity contribution in [1.82, 2.24) is 0 Å². The van der Waals surface area contributed by atoms with Crippen molar-refractivity contribution >= 4 is 11.6 Å². The third-order valence-electron chi connectivity index (χ3n) is 2.57. The van der Waals surface area contributed by atoms with Gasteiger partial charge in [0.05, 0.1) is 17.8 Å². The summed E-state index contributed by atoms with van der Waals surface area (Å²) in [6, 6.07) is 5.17. The molecule has 2 aromatic rings. The third-order valence-corrected chi connectivity index (χ3v) is 2.57. The Hall–Kier alpha value is -2.37. The number of carbonyl (C=O) groups excluding carboxylic acids is 1. The summed E-state index contributed by atoms with van der Waals surface area (Å²) in [7, 11) is 0. The number of nitrogens with one attached hydrogen (secondary N) is 1. The fraction of sp³-hybridized carbons (Fsp3) is 0.154. The number of furan rings is 1. The van der Waals surface area contributed by atoms with E-state index in [1.165, 1.54) is 0 Å². The summed E-state index contributed by atoms with van der Waals surface area (Å²) in [6.45, 7) is 2.00. The van der Waals surface area contributed by atoms with Crippen LogP contribution in [-0.4, -0.2) is 5.91 Å². The van der Waals surface area contributed by atoms with Crippen molar-refractivity contribution in [2.75, 3.05) is 5.32 Å².